The lowest BCUT2D eigenvalue weighted by Gasteiger charge is -2.20. The third-order valence-corrected chi connectivity index (χ3v) is 3.29. The highest BCUT2D eigenvalue weighted by atomic mass is 16.4. The molecule has 0 saturated heterocycles. The number of aromatic nitrogens is 1. The summed E-state index contributed by atoms with van der Waals surface area (Å²) in [5, 5.41) is 9.23. The fourth-order valence-corrected chi connectivity index (χ4v) is 2.10. The average Bonchev–Trinajstić information content (AvgIpc) is 2.70. The summed E-state index contributed by atoms with van der Waals surface area (Å²) in [4.78, 5) is 15.5. The van der Waals surface area contributed by atoms with Crippen molar-refractivity contribution in [1.29, 1.82) is 0 Å². The van der Waals surface area contributed by atoms with Crippen molar-refractivity contribution in [3.63, 3.8) is 0 Å². The molecule has 2 rings (SSSR count). The van der Waals surface area contributed by atoms with Crippen LogP contribution in [0.5, 0.6) is 0 Å². The third-order valence-electron chi connectivity index (χ3n) is 3.29. The summed E-state index contributed by atoms with van der Waals surface area (Å²) in [6, 6.07) is 6.05. The fourth-order valence-electron chi connectivity index (χ4n) is 2.10. The molecule has 0 fully saturated rings. The smallest absolute Gasteiger partial charge is 0.374 e. The molecule has 0 bridgehead atoms. The Morgan fingerprint density at radius 3 is 2.45 bits per heavy atom. The highest BCUT2D eigenvalue weighted by molar-refractivity contribution is 5.92. The maximum Gasteiger partial charge on any atom is 0.374 e. The zero-order chi connectivity index (χ0) is 15.1. The number of carboxylic acid groups (broad SMARTS) is 1. The van der Waals surface area contributed by atoms with Crippen molar-refractivity contribution >= 4 is 5.97 Å². The van der Waals surface area contributed by atoms with Gasteiger partial charge in [-0.25, -0.2) is 9.78 Å². The molecule has 1 aromatic heterocycles. The molecule has 1 aromatic carbocycles. The second kappa shape index (κ2) is 4.78. The van der Waals surface area contributed by atoms with Crippen LogP contribution in [0.1, 0.15) is 48.3 Å². The van der Waals surface area contributed by atoms with E-state index >= 15 is 0 Å². The molecule has 1 N–H and O–H groups in total. The summed E-state index contributed by atoms with van der Waals surface area (Å²) < 4.78 is 5.20. The normalized spacial score (nSPS) is 11.7. The Morgan fingerprint density at radius 2 is 1.90 bits per heavy atom. The van der Waals surface area contributed by atoms with Crippen molar-refractivity contribution in [2.75, 3.05) is 0 Å². The van der Waals surface area contributed by atoms with E-state index in [9.17, 15) is 9.90 Å². The first kappa shape index (κ1) is 14.3. The molecule has 0 aliphatic rings. The maximum absolute atomic E-state index is 11.3. The van der Waals surface area contributed by atoms with E-state index in [1.165, 1.54) is 0 Å². The first-order valence-electron chi connectivity index (χ1n) is 6.52. The van der Waals surface area contributed by atoms with E-state index in [0.717, 1.165) is 16.7 Å². The molecular formula is C16H19NO3. The lowest BCUT2D eigenvalue weighted by Crippen LogP contribution is -2.11. The van der Waals surface area contributed by atoms with Gasteiger partial charge in [0, 0.05) is 12.5 Å². The Balaban J connectivity index is 2.66. The number of aromatic carboxylic acids is 1. The molecule has 4 nitrogen and oxygen atoms in total. The van der Waals surface area contributed by atoms with Gasteiger partial charge in [-0.2, -0.15) is 0 Å². The second-order valence-electron chi connectivity index (χ2n) is 6.00. The third kappa shape index (κ3) is 2.59. The van der Waals surface area contributed by atoms with E-state index in [1.54, 1.807) is 6.92 Å². The lowest BCUT2D eigenvalue weighted by atomic mass is 9.85. The summed E-state index contributed by atoms with van der Waals surface area (Å²) in [5.74, 6) is -0.837. The van der Waals surface area contributed by atoms with Gasteiger partial charge in [-0.3, -0.25) is 0 Å². The standard InChI is InChI=1S/C16H19NO3/c1-9-6-7-11(16(3,4)5)8-12(9)13-14(15(18)19)20-10(2)17-13/h6-8H,1-5H3,(H,18,19). The van der Waals surface area contributed by atoms with Gasteiger partial charge < -0.3 is 9.52 Å². The van der Waals surface area contributed by atoms with Gasteiger partial charge in [-0.1, -0.05) is 32.9 Å². The predicted octanol–water partition coefficient (Wildman–Crippen LogP) is 3.95. The Morgan fingerprint density at radius 1 is 1.25 bits per heavy atom. The number of hydrogen-bond acceptors (Lipinski definition) is 3. The van der Waals surface area contributed by atoms with Gasteiger partial charge in [0.2, 0.25) is 5.76 Å². The van der Waals surface area contributed by atoms with Crippen LogP contribution in [0.4, 0.5) is 0 Å². The molecule has 0 radical (unpaired) electrons. The Kier molecular flexibility index (Phi) is 3.42. The summed E-state index contributed by atoms with van der Waals surface area (Å²) in [6.07, 6.45) is 0. The molecule has 4 heteroatoms. The molecule has 0 amide bonds. The van der Waals surface area contributed by atoms with Crippen LogP contribution >= 0.6 is 0 Å². The molecular weight excluding hydrogens is 254 g/mol. The van der Waals surface area contributed by atoms with Crippen LogP contribution in [-0.4, -0.2) is 16.1 Å². The van der Waals surface area contributed by atoms with Gasteiger partial charge in [0.15, 0.2) is 5.89 Å². The quantitative estimate of drug-likeness (QED) is 0.899. The highest BCUT2D eigenvalue weighted by Crippen LogP contribution is 2.31. The van der Waals surface area contributed by atoms with Crippen LogP contribution in [0.15, 0.2) is 22.6 Å². The molecule has 0 aliphatic carbocycles. The fraction of sp³-hybridized carbons (Fsp3) is 0.375. The van der Waals surface area contributed by atoms with E-state index in [-0.39, 0.29) is 11.2 Å². The molecule has 1 heterocycles. The number of aryl methyl sites for hydroxylation is 2. The van der Waals surface area contributed by atoms with Gasteiger partial charge in [0.05, 0.1) is 0 Å². The van der Waals surface area contributed by atoms with Gasteiger partial charge in [-0.15, -0.1) is 0 Å². The molecule has 20 heavy (non-hydrogen) atoms. The van der Waals surface area contributed by atoms with E-state index in [0.29, 0.717) is 11.6 Å². The van der Waals surface area contributed by atoms with Crippen molar-refractivity contribution in [2.24, 2.45) is 0 Å². The Labute approximate surface area is 118 Å². The predicted molar refractivity (Wildman–Crippen MR) is 77.1 cm³/mol. The highest BCUT2D eigenvalue weighted by Gasteiger charge is 2.22. The van der Waals surface area contributed by atoms with Crippen molar-refractivity contribution in [3.8, 4) is 11.3 Å². The first-order valence-corrected chi connectivity index (χ1v) is 6.52. The molecule has 0 unspecified atom stereocenters. The van der Waals surface area contributed by atoms with Crippen LogP contribution in [0.25, 0.3) is 11.3 Å². The molecule has 0 atom stereocenters. The van der Waals surface area contributed by atoms with Gasteiger partial charge >= 0.3 is 5.97 Å². The van der Waals surface area contributed by atoms with Crippen LogP contribution < -0.4 is 0 Å². The van der Waals surface area contributed by atoms with Crippen LogP contribution in [0.2, 0.25) is 0 Å². The van der Waals surface area contributed by atoms with Crippen LogP contribution in [0.3, 0.4) is 0 Å². The number of oxazole rings is 1. The number of hydrogen-bond donors (Lipinski definition) is 1. The van der Waals surface area contributed by atoms with Crippen molar-refractivity contribution in [2.45, 2.75) is 40.0 Å². The van der Waals surface area contributed by atoms with Gasteiger partial charge in [-0.05, 0) is 29.5 Å². The van der Waals surface area contributed by atoms with E-state index in [2.05, 4.69) is 31.8 Å². The Hall–Kier alpha value is -2.10. The minimum Gasteiger partial charge on any atom is -0.475 e. The van der Waals surface area contributed by atoms with E-state index in [4.69, 9.17) is 4.42 Å². The number of nitrogens with zero attached hydrogens (tertiary/aromatic N) is 1. The van der Waals surface area contributed by atoms with Gasteiger partial charge in [0.25, 0.3) is 0 Å². The molecule has 2 aromatic rings. The zero-order valence-corrected chi connectivity index (χ0v) is 12.4. The largest absolute Gasteiger partial charge is 0.475 e. The molecule has 0 aliphatic heterocycles. The second-order valence-corrected chi connectivity index (χ2v) is 6.00. The van der Waals surface area contributed by atoms with E-state index in [1.807, 2.05) is 19.1 Å². The molecule has 0 spiro atoms. The zero-order valence-electron chi connectivity index (χ0n) is 12.4. The summed E-state index contributed by atoms with van der Waals surface area (Å²) in [5.41, 5.74) is 3.32. The maximum atomic E-state index is 11.3. The van der Waals surface area contributed by atoms with Crippen molar-refractivity contribution in [1.82, 2.24) is 4.98 Å². The topological polar surface area (TPSA) is 63.3 Å². The van der Waals surface area contributed by atoms with Gasteiger partial charge in [0.1, 0.15) is 5.69 Å². The molecule has 0 saturated carbocycles. The lowest BCUT2D eigenvalue weighted by molar-refractivity contribution is 0.0662. The van der Waals surface area contributed by atoms with E-state index < -0.39 is 5.97 Å². The first-order chi connectivity index (χ1) is 9.20. The minimum atomic E-state index is -1.10. The number of carboxylic acids is 1. The number of benzene rings is 1. The van der Waals surface area contributed by atoms with Crippen LogP contribution in [-0.2, 0) is 5.41 Å². The minimum absolute atomic E-state index is 0.00931. The molecule has 106 valence electrons. The van der Waals surface area contributed by atoms with Crippen molar-refractivity contribution in [3.05, 3.63) is 41.0 Å². The summed E-state index contributed by atoms with van der Waals surface area (Å²) in [7, 11) is 0. The summed E-state index contributed by atoms with van der Waals surface area (Å²) in [6.45, 7) is 9.95. The van der Waals surface area contributed by atoms with Crippen molar-refractivity contribution < 1.29 is 14.3 Å². The Bertz CT molecular complexity index is 663. The van der Waals surface area contributed by atoms with Crippen LogP contribution in [0, 0.1) is 13.8 Å². The average molecular weight is 273 g/mol. The monoisotopic (exact) mass is 273 g/mol. The number of rotatable bonds is 2. The summed E-state index contributed by atoms with van der Waals surface area (Å²) >= 11 is 0. The number of carbonyl (C=O) groups is 1. The SMILES string of the molecule is Cc1nc(-c2cc(C(C)(C)C)ccc2C)c(C(=O)O)o1.